The molecule has 100 valence electrons. The van der Waals surface area contributed by atoms with Gasteiger partial charge in [-0.2, -0.15) is 0 Å². The highest BCUT2D eigenvalue weighted by atomic mass is 16.3. The third-order valence-electron chi connectivity index (χ3n) is 3.57. The van der Waals surface area contributed by atoms with Gasteiger partial charge in [0.2, 0.25) is 5.82 Å². The number of rotatable bonds is 3. The van der Waals surface area contributed by atoms with Gasteiger partial charge in [-0.1, -0.05) is 12.8 Å². The van der Waals surface area contributed by atoms with Crippen molar-refractivity contribution in [2.24, 2.45) is 14.1 Å². The lowest BCUT2D eigenvalue weighted by molar-refractivity contribution is 0.213. The monoisotopic (exact) mass is 254 g/mol. The molecule has 1 fully saturated rings. The molecule has 2 N–H and O–H groups in total. The second-order valence-corrected chi connectivity index (χ2v) is 4.89. The first-order valence-electron chi connectivity index (χ1n) is 6.02. The summed E-state index contributed by atoms with van der Waals surface area (Å²) in [6, 6.07) is 0. The number of aromatic nitrogens is 3. The average Bonchev–Trinajstić information content (AvgIpc) is 2.82. The Labute approximate surface area is 104 Å². The van der Waals surface area contributed by atoms with Crippen molar-refractivity contribution in [3.63, 3.8) is 0 Å². The van der Waals surface area contributed by atoms with E-state index in [0.29, 0.717) is 0 Å². The Bertz CT molecular complexity index is 554. The Morgan fingerprint density at radius 3 is 2.50 bits per heavy atom. The fourth-order valence-electron chi connectivity index (χ4n) is 2.40. The summed E-state index contributed by atoms with van der Waals surface area (Å²) in [5.41, 5.74) is -1.40. The largest absolute Gasteiger partial charge is 0.394 e. The van der Waals surface area contributed by atoms with Gasteiger partial charge in [0.25, 0.3) is 5.56 Å². The van der Waals surface area contributed by atoms with Crippen molar-refractivity contribution in [3.8, 4) is 0 Å². The van der Waals surface area contributed by atoms with Gasteiger partial charge in [0, 0.05) is 14.1 Å². The highest BCUT2D eigenvalue weighted by Gasteiger charge is 2.34. The van der Waals surface area contributed by atoms with Crippen molar-refractivity contribution in [3.05, 3.63) is 20.8 Å². The zero-order valence-electron chi connectivity index (χ0n) is 10.6. The topological polar surface area (TPSA) is 89.2 Å². The van der Waals surface area contributed by atoms with Crippen LogP contribution in [0.3, 0.4) is 0 Å². The van der Waals surface area contributed by atoms with Gasteiger partial charge in [-0.05, 0) is 12.8 Å². The minimum Gasteiger partial charge on any atom is -0.394 e. The van der Waals surface area contributed by atoms with Crippen LogP contribution in [0.5, 0.6) is 0 Å². The molecule has 1 saturated carbocycles. The molecule has 0 saturated heterocycles. The third kappa shape index (κ3) is 2.05. The summed E-state index contributed by atoms with van der Waals surface area (Å²) in [6.07, 6.45) is 3.63. The summed E-state index contributed by atoms with van der Waals surface area (Å²) in [6.45, 7) is -0.0410. The lowest BCUT2D eigenvalue weighted by atomic mass is 9.99. The number of aliphatic hydroxyl groups is 1. The first kappa shape index (κ1) is 12.8. The molecule has 18 heavy (non-hydrogen) atoms. The van der Waals surface area contributed by atoms with Crippen LogP contribution in [0.1, 0.15) is 25.7 Å². The maximum absolute atomic E-state index is 11.9. The molecule has 7 heteroatoms. The van der Waals surface area contributed by atoms with E-state index >= 15 is 0 Å². The molecular formula is C11H18N4O3. The van der Waals surface area contributed by atoms with Crippen LogP contribution in [0, 0.1) is 0 Å². The van der Waals surface area contributed by atoms with Gasteiger partial charge in [-0.25, -0.2) is 9.48 Å². The van der Waals surface area contributed by atoms with Crippen molar-refractivity contribution in [1.29, 1.82) is 0 Å². The number of aliphatic hydroxyl groups excluding tert-OH is 1. The fourth-order valence-corrected chi connectivity index (χ4v) is 2.40. The van der Waals surface area contributed by atoms with Crippen molar-refractivity contribution in [2.45, 2.75) is 31.2 Å². The highest BCUT2D eigenvalue weighted by molar-refractivity contribution is 5.34. The molecule has 0 radical (unpaired) electrons. The summed E-state index contributed by atoms with van der Waals surface area (Å²) in [4.78, 5) is 23.4. The zero-order chi connectivity index (χ0) is 13.3. The number of hydrogen-bond donors (Lipinski definition) is 2. The molecule has 1 heterocycles. The minimum atomic E-state index is -0.476. The molecule has 7 nitrogen and oxygen atoms in total. The fraction of sp³-hybridized carbons (Fsp3) is 0.727. The Morgan fingerprint density at radius 1 is 1.33 bits per heavy atom. The lowest BCUT2D eigenvalue weighted by Crippen LogP contribution is -2.46. The molecule has 2 rings (SSSR count). The Hall–Kier alpha value is -1.63. The molecule has 0 bridgehead atoms. The Kier molecular flexibility index (Phi) is 3.25. The van der Waals surface area contributed by atoms with E-state index in [4.69, 9.17) is 0 Å². The number of nitrogens with one attached hydrogen (secondary N) is 1. The summed E-state index contributed by atoms with van der Waals surface area (Å²) in [7, 11) is 2.91. The number of aryl methyl sites for hydroxylation is 1. The normalized spacial score (nSPS) is 17.9. The minimum absolute atomic E-state index is 0.0410. The van der Waals surface area contributed by atoms with Crippen LogP contribution < -0.4 is 16.6 Å². The third-order valence-corrected chi connectivity index (χ3v) is 3.57. The second kappa shape index (κ2) is 4.56. The molecule has 1 aliphatic rings. The van der Waals surface area contributed by atoms with Gasteiger partial charge < -0.3 is 10.4 Å². The maximum Gasteiger partial charge on any atom is 0.346 e. The Morgan fingerprint density at radius 2 is 1.94 bits per heavy atom. The van der Waals surface area contributed by atoms with Gasteiger partial charge in [0.15, 0.2) is 0 Å². The summed E-state index contributed by atoms with van der Waals surface area (Å²) in [5.74, 6) is 0.121. The summed E-state index contributed by atoms with van der Waals surface area (Å²) < 4.78 is 2.12. The van der Waals surface area contributed by atoms with Gasteiger partial charge in [0.05, 0.1) is 12.1 Å². The lowest BCUT2D eigenvalue weighted by Gasteiger charge is -2.28. The molecule has 1 aromatic rings. The van der Waals surface area contributed by atoms with Crippen molar-refractivity contribution in [1.82, 2.24) is 14.3 Å². The molecule has 0 aromatic carbocycles. The predicted molar refractivity (Wildman–Crippen MR) is 66.6 cm³/mol. The molecule has 0 spiro atoms. The molecule has 0 unspecified atom stereocenters. The van der Waals surface area contributed by atoms with E-state index in [2.05, 4.69) is 10.4 Å². The van der Waals surface area contributed by atoms with E-state index in [9.17, 15) is 14.7 Å². The van der Waals surface area contributed by atoms with Gasteiger partial charge in [0.1, 0.15) is 0 Å². The molecule has 1 aromatic heterocycles. The van der Waals surface area contributed by atoms with Crippen molar-refractivity contribution < 1.29 is 5.11 Å². The first-order chi connectivity index (χ1) is 8.49. The van der Waals surface area contributed by atoms with Crippen LogP contribution in [0.25, 0.3) is 0 Å². The number of anilines is 1. The van der Waals surface area contributed by atoms with Crippen LogP contribution in [0.4, 0.5) is 5.82 Å². The standard InChI is InChI=1S/C11H18N4O3/c1-14-9(17)8(13-15(2)10(14)18)12-11(7-16)5-3-4-6-11/h16H,3-7H2,1-2H3,(H,12,13). The van der Waals surface area contributed by atoms with Crippen molar-refractivity contribution in [2.75, 3.05) is 11.9 Å². The van der Waals surface area contributed by atoms with Crippen LogP contribution in [0.15, 0.2) is 9.59 Å². The van der Waals surface area contributed by atoms with Crippen molar-refractivity contribution >= 4 is 5.82 Å². The quantitative estimate of drug-likeness (QED) is 0.737. The van der Waals surface area contributed by atoms with Crippen LogP contribution >= 0.6 is 0 Å². The molecule has 1 aliphatic carbocycles. The van der Waals surface area contributed by atoms with Gasteiger partial charge >= 0.3 is 5.69 Å². The summed E-state index contributed by atoms with van der Waals surface area (Å²) >= 11 is 0. The van der Waals surface area contributed by atoms with Crippen LogP contribution in [0.2, 0.25) is 0 Å². The SMILES string of the molecule is Cn1nc(NC2(CO)CCCC2)c(=O)n(C)c1=O. The average molecular weight is 254 g/mol. The summed E-state index contributed by atoms with van der Waals surface area (Å²) in [5, 5.41) is 16.5. The van der Waals surface area contributed by atoms with E-state index in [1.54, 1.807) is 0 Å². The van der Waals surface area contributed by atoms with Crippen LogP contribution in [-0.4, -0.2) is 31.6 Å². The van der Waals surface area contributed by atoms with Gasteiger partial charge in [-0.3, -0.25) is 9.36 Å². The molecule has 0 amide bonds. The highest BCUT2D eigenvalue weighted by Crippen LogP contribution is 2.31. The maximum atomic E-state index is 11.9. The predicted octanol–water partition coefficient (Wildman–Crippen LogP) is -0.804. The molecule has 0 atom stereocenters. The van der Waals surface area contributed by atoms with E-state index < -0.39 is 16.8 Å². The smallest absolute Gasteiger partial charge is 0.346 e. The van der Waals surface area contributed by atoms with E-state index in [-0.39, 0.29) is 12.4 Å². The number of hydrogen-bond acceptors (Lipinski definition) is 5. The van der Waals surface area contributed by atoms with E-state index in [0.717, 1.165) is 34.9 Å². The zero-order valence-corrected chi connectivity index (χ0v) is 10.6. The first-order valence-corrected chi connectivity index (χ1v) is 6.02. The molecule has 0 aliphatic heterocycles. The Balaban J connectivity index is 2.41. The second-order valence-electron chi connectivity index (χ2n) is 4.89. The van der Waals surface area contributed by atoms with Crippen LogP contribution in [-0.2, 0) is 14.1 Å². The van der Waals surface area contributed by atoms with E-state index in [1.165, 1.54) is 14.1 Å². The molecular weight excluding hydrogens is 236 g/mol. The number of nitrogens with zero attached hydrogens (tertiary/aromatic N) is 3. The van der Waals surface area contributed by atoms with E-state index in [1.807, 2.05) is 0 Å². The van der Waals surface area contributed by atoms with Gasteiger partial charge in [-0.15, -0.1) is 5.10 Å².